The van der Waals surface area contributed by atoms with Gasteiger partial charge in [-0.25, -0.2) is 9.67 Å². The summed E-state index contributed by atoms with van der Waals surface area (Å²) in [4.78, 5) is 11.8. The zero-order chi connectivity index (χ0) is 19.7. The molecule has 0 amide bonds. The van der Waals surface area contributed by atoms with Gasteiger partial charge in [0.25, 0.3) is 0 Å². The number of ether oxygens (including phenoxy) is 1. The Kier molecular flexibility index (Phi) is 5.99. The van der Waals surface area contributed by atoms with E-state index in [0.29, 0.717) is 23.1 Å². The van der Waals surface area contributed by atoms with Crippen LogP contribution in [0.5, 0.6) is 0 Å². The molecule has 0 radical (unpaired) electrons. The topological polar surface area (TPSA) is 56.1 Å². The van der Waals surface area contributed by atoms with Crippen LogP contribution in [0.3, 0.4) is 0 Å². The first-order chi connectivity index (χ1) is 13.5. The molecule has 1 aliphatic heterocycles. The van der Waals surface area contributed by atoms with Gasteiger partial charge in [0, 0.05) is 49.0 Å². The standard InChI is InChI=1S/C21H30ClN5O/c1-4-19-13-26(7-8-28-19)18-6-5-15(10-18)21-24-20(25-27(21)14(2)3)16-9-17(22)12-23-11-16/h9,11-12,14-15,18-19H,4-8,10,13H2,1-3H3/t15-,18+,19+/m0/s1. The second-order valence-corrected chi connectivity index (χ2v) is 8.72. The van der Waals surface area contributed by atoms with E-state index in [-0.39, 0.29) is 6.04 Å². The zero-order valence-corrected chi connectivity index (χ0v) is 17.8. The van der Waals surface area contributed by atoms with Crippen LogP contribution in [0, 0.1) is 0 Å². The quantitative estimate of drug-likeness (QED) is 0.744. The van der Waals surface area contributed by atoms with E-state index in [2.05, 4.69) is 35.3 Å². The SMILES string of the molecule is CC[C@@H]1CN([C@@H]2CC[C@H](c3nc(-c4cncc(Cl)c4)nn3C(C)C)C2)CCO1. The fourth-order valence-corrected chi connectivity index (χ4v) is 4.67. The molecule has 2 aliphatic rings. The van der Waals surface area contributed by atoms with Crippen LogP contribution in [0.25, 0.3) is 11.4 Å². The Morgan fingerprint density at radius 3 is 2.89 bits per heavy atom. The lowest BCUT2D eigenvalue weighted by Gasteiger charge is -2.36. The molecule has 0 bridgehead atoms. The minimum Gasteiger partial charge on any atom is -0.376 e. The normalized spacial score (nSPS) is 26.2. The van der Waals surface area contributed by atoms with E-state index in [9.17, 15) is 0 Å². The number of halogens is 1. The largest absolute Gasteiger partial charge is 0.376 e. The molecule has 1 aliphatic carbocycles. The third kappa shape index (κ3) is 4.09. The van der Waals surface area contributed by atoms with E-state index in [1.54, 1.807) is 12.4 Å². The van der Waals surface area contributed by atoms with Crippen LogP contribution in [-0.2, 0) is 4.74 Å². The average molecular weight is 404 g/mol. The Morgan fingerprint density at radius 2 is 2.14 bits per heavy atom. The fraction of sp³-hybridized carbons (Fsp3) is 0.667. The van der Waals surface area contributed by atoms with Crippen molar-refractivity contribution < 1.29 is 4.74 Å². The van der Waals surface area contributed by atoms with Crippen LogP contribution in [0.4, 0.5) is 0 Å². The van der Waals surface area contributed by atoms with E-state index in [0.717, 1.165) is 56.2 Å². The second kappa shape index (κ2) is 8.47. The number of hydrogen-bond donors (Lipinski definition) is 0. The maximum absolute atomic E-state index is 6.12. The first-order valence-electron chi connectivity index (χ1n) is 10.5. The lowest BCUT2D eigenvalue weighted by Crippen LogP contribution is -2.46. The lowest BCUT2D eigenvalue weighted by atomic mass is 10.1. The van der Waals surface area contributed by atoms with Gasteiger partial charge in [-0.2, -0.15) is 5.10 Å². The highest BCUT2D eigenvalue weighted by Crippen LogP contribution is 2.38. The predicted octanol–water partition coefficient (Wildman–Crippen LogP) is 4.32. The number of pyridine rings is 1. The van der Waals surface area contributed by atoms with Gasteiger partial charge in [0.2, 0.25) is 0 Å². The molecule has 2 aromatic heterocycles. The molecule has 7 heteroatoms. The molecule has 152 valence electrons. The number of aromatic nitrogens is 4. The molecule has 3 heterocycles. The van der Waals surface area contributed by atoms with E-state index in [1.807, 2.05) is 6.07 Å². The molecule has 28 heavy (non-hydrogen) atoms. The Balaban J connectivity index is 1.54. The van der Waals surface area contributed by atoms with Crippen molar-refractivity contribution in [2.24, 2.45) is 0 Å². The van der Waals surface area contributed by atoms with E-state index in [1.165, 1.54) is 6.42 Å². The van der Waals surface area contributed by atoms with Crippen LogP contribution in [0.1, 0.15) is 64.2 Å². The van der Waals surface area contributed by atoms with Crippen molar-refractivity contribution in [1.29, 1.82) is 0 Å². The summed E-state index contributed by atoms with van der Waals surface area (Å²) in [5, 5.41) is 5.41. The van der Waals surface area contributed by atoms with E-state index >= 15 is 0 Å². The Bertz CT molecular complexity index is 808. The number of rotatable bonds is 5. The fourth-order valence-electron chi connectivity index (χ4n) is 4.49. The minimum atomic E-state index is 0.273. The Morgan fingerprint density at radius 1 is 1.29 bits per heavy atom. The summed E-state index contributed by atoms with van der Waals surface area (Å²) in [6.07, 6.45) is 8.43. The maximum Gasteiger partial charge on any atom is 0.183 e. The molecular formula is C21H30ClN5O. The van der Waals surface area contributed by atoms with Crippen molar-refractivity contribution in [2.45, 2.75) is 70.6 Å². The average Bonchev–Trinajstić information content (AvgIpc) is 3.35. The summed E-state index contributed by atoms with van der Waals surface area (Å²) in [5.41, 5.74) is 0.877. The van der Waals surface area contributed by atoms with Crippen molar-refractivity contribution in [3.63, 3.8) is 0 Å². The third-order valence-electron chi connectivity index (χ3n) is 6.02. The van der Waals surface area contributed by atoms with Crippen LogP contribution in [0.2, 0.25) is 5.02 Å². The van der Waals surface area contributed by atoms with Crippen LogP contribution < -0.4 is 0 Å². The van der Waals surface area contributed by atoms with Crippen molar-refractivity contribution >= 4 is 11.6 Å². The molecule has 1 saturated heterocycles. The molecule has 2 aromatic rings. The molecular weight excluding hydrogens is 374 g/mol. The van der Waals surface area contributed by atoms with Crippen LogP contribution in [0.15, 0.2) is 18.5 Å². The smallest absolute Gasteiger partial charge is 0.183 e. The van der Waals surface area contributed by atoms with Crippen molar-refractivity contribution in [1.82, 2.24) is 24.6 Å². The van der Waals surface area contributed by atoms with Gasteiger partial charge in [-0.15, -0.1) is 0 Å². The highest BCUT2D eigenvalue weighted by atomic mass is 35.5. The predicted molar refractivity (Wildman–Crippen MR) is 111 cm³/mol. The number of hydrogen-bond acceptors (Lipinski definition) is 5. The van der Waals surface area contributed by atoms with Gasteiger partial charge in [0.15, 0.2) is 5.82 Å². The third-order valence-corrected chi connectivity index (χ3v) is 6.23. The zero-order valence-electron chi connectivity index (χ0n) is 17.0. The number of nitrogens with zero attached hydrogens (tertiary/aromatic N) is 5. The van der Waals surface area contributed by atoms with Gasteiger partial charge < -0.3 is 4.74 Å². The summed E-state index contributed by atoms with van der Waals surface area (Å²) in [7, 11) is 0. The molecule has 0 aromatic carbocycles. The summed E-state index contributed by atoms with van der Waals surface area (Å²) in [5.74, 6) is 2.27. The maximum atomic E-state index is 6.12. The second-order valence-electron chi connectivity index (χ2n) is 8.28. The highest BCUT2D eigenvalue weighted by molar-refractivity contribution is 6.30. The summed E-state index contributed by atoms with van der Waals surface area (Å²) >= 11 is 6.12. The Labute approximate surface area is 172 Å². The lowest BCUT2D eigenvalue weighted by molar-refractivity contribution is -0.0436. The highest BCUT2D eigenvalue weighted by Gasteiger charge is 2.35. The monoisotopic (exact) mass is 403 g/mol. The van der Waals surface area contributed by atoms with E-state index < -0.39 is 0 Å². The van der Waals surface area contributed by atoms with Crippen LogP contribution in [-0.4, -0.2) is 56.5 Å². The molecule has 3 atom stereocenters. The molecule has 2 fully saturated rings. The van der Waals surface area contributed by atoms with Gasteiger partial charge in [-0.3, -0.25) is 9.88 Å². The van der Waals surface area contributed by atoms with Crippen molar-refractivity contribution in [2.75, 3.05) is 19.7 Å². The molecule has 0 N–H and O–H groups in total. The first kappa shape index (κ1) is 19.8. The summed E-state index contributed by atoms with van der Waals surface area (Å²) in [6, 6.07) is 2.78. The Hall–Kier alpha value is -1.50. The van der Waals surface area contributed by atoms with Gasteiger partial charge in [-0.05, 0) is 45.6 Å². The molecule has 0 unspecified atom stereocenters. The molecule has 1 saturated carbocycles. The van der Waals surface area contributed by atoms with Gasteiger partial charge in [0.1, 0.15) is 5.82 Å². The molecule has 0 spiro atoms. The first-order valence-corrected chi connectivity index (χ1v) is 10.9. The molecule has 6 nitrogen and oxygen atoms in total. The summed E-state index contributed by atoms with van der Waals surface area (Å²) in [6.45, 7) is 9.50. The van der Waals surface area contributed by atoms with E-state index in [4.69, 9.17) is 26.4 Å². The van der Waals surface area contributed by atoms with Crippen molar-refractivity contribution in [3.05, 3.63) is 29.3 Å². The van der Waals surface area contributed by atoms with Gasteiger partial charge in [0.05, 0.1) is 17.7 Å². The minimum absolute atomic E-state index is 0.273. The number of morpholine rings is 1. The summed E-state index contributed by atoms with van der Waals surface area (Å²) < 4.78 is 7.95. The van der Waals surface area contributed by atoms with Gasteiger partial charge in [-0.1, -0.05) is 18.5 Å². The van der Waals surface area contributed by atoms with Crippen LogP contribution >= 0.6 is 11.6 Å². The van der Waals surface area contributed by atoms with Crippen molar-refractivity contribution in [3.8, 4) is 11.4 Å². The molecule has 4 rings (SSSR count). The van der Waals surface area contributed by atoms with Gasteiger partial charge >= 0.3 is 0 Å².